The molecule has 174 valence electrons. The van der Waals surface area contributed by atoms with Crippen molar-refractivity contribution in [2.45, 2.75) is 33.4 Å². The van der Waals surface area contributed by atoms with Gasteiger partial charge in [-0.1, -0.05) is 56.3 Å². The van der Waals surface area contributed by atoms with Crippen LogP contribution in [0.2, 0.25) is 0 Å². The van der Waals surface area contributed by atoms with E-state index < -0.39 is 34.3 Å². The molecule has 2 amide bonds. The highest BCUT2D eigenvalue weighted by Crippen LogP contribution is 2.22. The highest BCUT2D eigenvalue weighted by molar-refractivity contribution is 7.92. The molecule has 0 aromatic heterocycles. The van der Waals surface area contributed by atoms with Crippen LogP contribution in [-0.2, 0) is 26.2 Å². The third-order valence-electron chi connectivity index (χ3n) is 4.85. The average Bonchev–Trinajstić information content (AvgIpc) is 2.74. The lowest BCUT2D eigenvalue weighted by atomic mass is 10.1. The summed E-state index contributed by atoms with van der Waals surface area (Å²) in [7, 11) is -3.96. The van der Waals surface area contributed by atoms with Gasteiger partial charge in [-0.15, -0.1) is 0 Å². The quantitative estimate of drug-likeness (QED) is 0.587. The lowest BCUT2D eigenvalue weighted by Crippen LogP contribution is -2.51. The number of carbonyl (C=O) groups is 2. The molecule has 0 aliphatic rings. The minimum Gasteiger partial charge on any atom is -0.354 e. The van der Waals surface area contributed by atoms with Gasteiger partial charge in [0.2, 0.25) is 21.8 Å². The summed E-state index contributed by atoms with van der Waals surface area (Å²) in [6, 6.07) is 13.6. The molecule has 0 aliphatic carbocycles. The van der Waals surface area contributed by atoms with Crippen LogP contribution < -0.4 is 9.62 Å². The zero-order valence-electron chi connectivity index (χ0n) is 18.8. The van der Waals surface area contributed by atoms with Crippen LogP contribution in [0.15, 0.2) is 54.6 Å². The van der Waals surface area contributed by atoms with Gasteiger partial charge in [0.25, 0.3) is 0 Å². The third kappa shape index (κ3) is 7.05. The van der Waals surface area contributed by atoms with E-state index >= 15 is 0 Å². The Kier molecular flexibility index (Phi) is 8.77. The number of hydrogen-bond acceptors (Lipinski definition) is 4. The number of nitrogens with one attached hydrogen (secondary N) is 1. The predicted molar refractivity (Wildman–Crippen MR) is 123 cm³/mol. The van der Waals surface area contributed by atoms with Gasteiger partial charge in [0.1, 0.15) is 18.4 Å². The summed E-state index contributed by atoms with van der Waals surface area (Å²) >= 11 is 0. The van der Waals surface area contributed by atoms with Crippen LogP contribution in [0, 0.1) is 11.7 Å². The summed E-state index contributed by atoms with van der Waals surface area (Å²) < 4.78 is 39.8. The number of sulfonamides is 1. The Morgan fingerprint density at radius 3 is 2.16 bits per heavy atom. The van der Waals surface area contributed by atoms with Crippen LogP contribution in [0.1, 0.15) is 26.3 Å². The predicted octanol–water partition coefficient (Wildman–Crippen LogP) is 2.78. The van der Waals surface area contributed by atoms with Gasteiger partial charge >= 0.3 is 0 Å². The molecule has 0 saturated heterocycles. The van der Waals surface area contributed by atoms with Crippen molar-refractivity contribution < 1.29 is 22.4 Å². The molecule has 7 nitrogen and oxygen atoms in total. The van der Waals surface area contributed by atoms with Crippen molar-refractivity contribution in [1.29, 1.82) is 0 Å². The van der Waals surface area contributed by atoms with E-state index in [4.69, 9.17) is 0 Å². The summed E-state index contributed by atoms with van der Waals surface area (Å²) in [5.41, 5.74) is 0.557. The number of benzene rings is 2. The number of hydrogen-bond donors (Lipinski definition) is 1. The van der Waals surface area contributed by atoms with Gasteiger partial charge in [-0.3, -0.25) is 13.9 Å². The first-order chi connectivity index (χ1) is 15.0. The molecular formula is C23H30FN3O4S. The molecule has 32 heavy (non-hydrogen) atoms. The van der Waals surface area contributed by atoms with Crippen molar-refractivity contribution >= 4 is 27.5 Å². The van der Waals surface area contributed by atoms with Gasteiger partial charge in [0.05, 0.1) is 11.9 Å². The fourth-order valence-corrected chi connectivity index (χ4v) is 3.91. The molecule has 2 aromatic rings. The van der Waals surface area contributed by atoms with Crippen molar-refractivity contribution in [3.05, 3.63) is 66.0 Å². The molecular weight excluding hydrogens is 433 g/mol. The van der Waals surface area contributed by atoms with E-state index in [-0.39, 0.29) is 24.1 Å². The molecule has 1 atom stereocenters. The number of rotatable bonds is 10. The molecule has 0 aliphatic heterocycles. The van der Waals surface area contributed by atoms with Gasteiger partial charge < -0.3 is 10.2 Å². The van der Waals surface area contributed by atoms with Gasteiger partial charge in [-0.25, -0.2) is 12.8 Å². The van der Waals surface area contributed by atoms with E-state index in [0.29, 0.717) is 6.54 Å². The normalized spacial score (nSPS) is 12.3. The fraction of sp³-hybridized carbons (Fsp3) is 0.391. The van der Waals surface area contributed by atoms with E-state index in [1.165, 1.54) is 23.1 Å². The standard InChI is InChI=1S/C23H30FN3O4S/c1-17(2)14-25-23(29)18(3)26(15-19-10-6-5-7-11-19)22(28)16-27(32(4,30)31)21-13-9-8-12-20(21)24/h5-13,17-18H,14-16H2,1-4H3,(H,25,29)/t18-/m1/s1. The van der Waals surface area contributed by atoms with Crippen molar-refractivity contribution in [2.24, 2.45) is 5.92 Å². The Hall–Kier alpha value is -2.94. The highest BCUT2D eigenvalue weighted by Gasteiger charge is 2.30. The summed E-state index contributed by atoms with van der Waals surface area (Å²) in [6.45, 7) is 5.41. The van der Waals surface area contributed by atoms with Crippen molar-refractivity contribution in [2.75, 3.05) is 23.7 Å². The van der Waals surface area contributed by atoms with E-state index in [2.05, 4.69) is 5.32 Å². The minimum absolute atomic E-state index is 0.102. The Balaban J connectivity index is 2.35. The number of para-hydroxylation sites is 1. The maximum absolute atomic E-state index is 14.3. The van der Waals surface area contributed by atoms with Gasteiger partial charge in [0, 0.05) is 13.1 Å². The van der Waals surface area contributed by atoms with Crippen LogP contribution in [0.4, 0.5) is 10.1 Å². The fourth-order valence-electron chi connectivity index (χ4n) is 3.06. The van der Waals surface area contributed by atoms with E-state index in [1.807, 2.05) is 44.2 Å². The van der Waals surface area contributed by atoms with Crippen LogP contribution >= 0.6 is 0 Å². The van der Waals surface area contributed by atoms with Crippen molar-refractivity contribution in [1.82, 2.24) is 10.2 Å². The molecule has 0 heterocycles. The maximum atomic E-state index is 14.3. The van der Waals surface area contributed by atoms with E-state index in [0.717, 1.165) is 22.2 Å². The van der Waals surface area contributed by atoms with Crippen molar-refractivity contribution in [3.8, 4) is 0 Å². The van der Waals surface area contributed by atoms with Gasteiger partial charge in [-0.2, -0.15) is 0 Å². The van der Waals surface area contributed by atoms with Crippen molar-refractivity contribution in [3.63, 3.8) is 0 Å². The summed E-state index contributed by atoms with van der Waals surface area (Å²) in [4.78, 5) is 27.3. The average molecular weight is 464 g/mol. The molecule has 0 bridgehead atoms. The van der Waals surface area contributed by atoms with E-state index in [9.17, 15) is 22.4 Å². The van der Waals surface area contributed by atoms with Crippen LogP contribution in [0.25, 0.3) is 0 Å². The lowest BCUT2D eigenvalue weighted by Gasteiger charge is -2.31. The monoisotopic (exact) mass is 463 g/mol. The number of anilines is 1. The molecule has 0 saturated carbocycles. The zero-order chi connectivity index (χ0) is 23.9. The number of amides is 2. The lowest BCUT2D eigenvalue weighted by molar-refractivity contribution is -0.139. The first-order valence-corrected chi connectivity index (χ1v) is 12.2. The number of halogens is 1. The third-order valence-corrected chi connectivity index (χ3v) is 5.97. The molecule has 2 rings (SSSR count). The molecule has 2 aromatic carbocycles. The highest BCUT2D eigenvalue weighted by atomic mass is 32.2. The Morgan fingerprint density at radius 2 is 1.59 bits per heavy atom. The van der Waals surface area contributed by atoms with Crippen LogP contribution in [0.3, 0.4) is 0 Å². The van der Waals surface area contributed by atoms with E-state index in [1.54, 1.807) is 6.92 Å². The molecule has 0 spiro atoms. The number of nitrogens with zero attached hydrogens (tertiary/aromatic N) is 2. The Labute approximate surface area is 189 Å². The molecule has 0 radical (unpaired) electrons. The number of carbonyl (C=O) groups excluding carboxylic acids is 2. The smallest absolute Gasteiger partial charge is 0.244 e. The second-order valence-corrected chi connectivity index (χ2v) is 9.95. The van der Waals surface area contributed by atoms with Crippen LogP contribution in [0.5, 0.6) is 0 Å². The largest absolute Gasteiger partial charge is 0.354 e. The molecule has 9 heteroatoms. The first kappa shape index (κ1) is 25.3. The second-order valence-electron chi connectivity index (χ2n) is 8.04. The summed E-state index contributed by atoms with van der Waals surface area (Å²) in [6.07, 6.45) is 0.910. The molecule has 1 N–H and O–H groups in total. The maximum Gasteiger partial charge on any atom is 0.244 e. The van der Waals surface area contributed by atoms with Gasteiger partial charge in [-0.05, 0) is 30.5 Å². The topological polar surface area (TPSA) is 86.8 Å². The zero-order valence-corrected chi connectivity index (χ0v) is 19.6. The Bertz CT molecular complexity index is 1030. The second kappa shape index (κ2) is 11.1. The molecule has 0 fully saturated rings. The van der Waals surface area contributed by atoms with Crippen LogP contribution in [-0.4, -0.2) is 50.5 Å². The minimum atomic E-state index is -3.96. The summed E-state index contributed by atoms with van der Waals surface area (Å²) in [5, 5.41) is 2.80. The molecule has 0 unspecified atom stereocenters. The summed E-state index contributed by atoms with van der Waals surface area (Å²) in [5.74, 6) is -1.50. The first-order valence-electron chi connectivity index (χ1n) is 10.3. The SMILES string of the molecule is CC(C)CNC(=O)[C@@H](C)N(Cc1ccccc1)C(=O)CN(c1ccccc1F)S(C)(=O)=O. The Morgan fingerprint density at radius 1 is 1.00 bits per heavy atom. The van der Waals surface area contributed by atoms with Gasteiger partial charge in [0.15, 0.2) is 0 Å².